The molecule has 2 unspecified atom stereocenters. The first kappa shape index (κ1) is 115. The van der Waals surface area contributed by atoms with E-state index in [4.69, 9.17) is 126 Å². The molecule has 724 valence electrons. The van der Waals surface area contributed by atoms with Gasteiger partial charge in [-0.3, -0.25) is 9.59 Å². The van der Waals surface area contributed by atoms with Gasteiger partial charge in [-0.2, -0.15) is 0 Å². The Hall–Kier alpha value is -9.74. The van der Waals surface area contributed by atoms with Crippen LogP contribution >= 0.6 is 57.1 Å². The molecule has 2 aromatic heterocycles. The van der Waals surface area contributed by atoms with Crippen LogP contribution in [0.2, 0.25) is 10.0 Å². The molecule has 0 bridgehead atoms. The van der Waals surface area contributed by atoms with Crippen LogP contribution in [0.4, 0.5) is 13.6 Å². The maximum absolute atomic E-state index is 14.0. The van der Waals surface area contributed by atoms with E-state index in [0.717, 1.165) is 0 Å². The molecule has 0 aliphatic heterocycles. The first-order chi connectivity index (χ1) is 59.9. The van der Waals surface area contributed by atoms with E-state index in [1.54, 1.807) is 79.7 Å². The highest BCUT2D eigenvalue weighted by molar-refractivity contribution is 8.14. The molecule has 1 amide bonds. The highest BCUT2D eigenvalue weighted by atomic mass is 35.7. The Morgan fingerprint density at radius 3 is 0.954 bits per heavy atom. The molecule has 8 aromatic rings. The van der Waals surface area contributed by atoms with Crippen molar-refractivity contribution in [3.05, 3.63) is 200 Å². The van der Waals surface area contributed by atoms with Crippen LogP contribution in [0.3, 0.4) is 0 Å². The van der Waals surface area contributed by atoms with Gasteiger partial charge in [-0.15, -0.1) is 23.2 Å². The standard InChI is InChI=1S/C32H39ClFN3O8S.C27H31ClFN3O6S.2C9H11NO6S.CH2Cl2O2S.CH4ClNO2S/c1-30(2,3)45-29(39)37-31(4,5)21-16-24(19-8-10-23(34)22(33)14-19)36-28(17-21)32(6,40)13-12-25(38)20-9-11-26(27(15-20)43-7)44-18-46(35,41)42;1-26(2,30)18-13-21(16-5-7-20(29)19(28)11-16)32-25(14-18)27(3,34)10-9-22(33)17-6-8-23(24(12-17)37-4)38-15-39(31,35)36;2*1-15-8-4-6(9(11)12)2-3-7(8)16-5-17(10,13)14;2*2-1-6(3,4)5/h8-11,14-17,40H,12-13,18H2,1-7H3,(H,37,39)(H2,35,41,42);5-8,11-14,34H,9-10,15,30H2,1-4H3,(H2,31,35,36);2*2-4H,5H2,1H3,(H,11,12)(H2,10,13,14);1H2;1H2,(H2,3,4,5). The molecule has 17 N–H and O–H groups in total. The van der Waals surface area contributed by atoms with Crippen LogP contribution in [0.25, 0.3) is 22.5 Å². The number of carboxylic acids is 2. The average Bonchev–Trinajstić information content (AvgIpc) is 0.782. The summed E-state index contributed by atoms with van der Waals surface area (Å²) in [5.41, 5.74) is 4.63. The van der Waals surface area contributed by atoms with Crippen LogP contribution in [-0.2, 0) is 86.2 Å². The van der Waals surface area contributed by atoms with Gasteiger partial charge in [0.15, 0.2) is 57.6 Å². The van der Waals surface area contributed by atoms with Gasteiger partial charge in [0, 0.05) is 51.3 Å². The number of aromatic nitrogens is 2. The van der Waals surface area contributed by atoms with E-state index in [0.29, 0.717) is 33.6 Å². The summed E-state index contributed by atoms with van der Waals surface area (Å²) >= 11 is 21.5. The van der Waals surface area contributed by atoms with Crippen molar-refractivity contribution in [1.29, 1.82) is 0 Å². The van der Waals surface area contributed by atoms with E-state index in [-0.39, 0.29) is 127 Å². The molecule has 6 aromatic carbocycles. The summed E-state index contributed by atoms with van der Waals surface area (Å²) in [6.07, 6.45) is -0.864. The minimum atomic E-state index is -3.90. The number of methoxy groups -OCH3 is 4. The quantitative estimate of drug-likeness (QED) is 0.00998. The third-order valence-corrected chi connectivity index (χ3v) is 22.1. The number of alkyl halides is 2. The molecule has 0 spiro atoms. The Bertz CT molecular complexity index is 6010. The van der Waals surface area contributed by atoms with Crippen LogP contribution in [0.15, 0.2) is 133 Å². The van der Waals surface area contributed by atoms with E-state index >= 15 is 0 Å². The minimum absolute atomic E-state index is 0.00445. The topological polar surface area (TPSA) is 648 Å². The number of primary sulfonamides is 5. The molecule has 0 fully saturated rings. The molecule has 39 nitrogen and oxygen atoms in total. The SMILES string of the molecule is COc1cc(C(=O)CCC(C)(O)c2cc(C(C)(C)N)cc(-c3ccc(F)c(Cl)c3)n2)ccc1OCS(N)(=O)=O.COc1cc(C(=O)CCC(C)(O)c2cc(C(C)(C)NC(=O)OC(C)(C)C)cc(-c3ccc(F)c(Cl)c3)n2)ccc1OCS(N)(=O)=O.COc1cc(C(=O)O)ccc1OCS(N)(=O)=O.COc1cc(C(=O)O)ccc1OCS(N)(=O)=O.NS(=O)(=O)CCl.O=S(=O)(Cl)CCl. The number of ether oxygens (including phenoxy) is 9. The van der Waals surface area contributed by atoms with Gasteiger partial charge in [0.1, 0.15) is 38.9 Å². The van der Waals surface area contributed by atoms with Gasteiger partial charge in [-0.25, -0.2) is 109 Å². The number of ketones is 2. The lowest BCUT2D eigenvalue weighted by Crippen LogP contribution is -2.44. The molecule has 2 heterocycles. The van der Waals surface area contributed by atoms with Crippen LogP contribution in [0, 0.1) is 11.6 Å². The van der Waals surface area contributed by atoms with Crippen LogP contribution in [-0.4, -0.2) is 179 Å². The zero-order valence-electron chi connectivity index (χ0n) is 72.1. The van der Waals surface area contributed by atoms with E-state index in [9.17, 15) is 93.5 Å². The molecule has 2 atom stereocenters. The molecule has 0 aliphatic carbocycles. The second-order valence-corrected chi connectivity index (χ2v) is 42.7. The molecule has 0 aliphatic rings. The number of pyridine rings is 2. The van der Waals surface area contributed by atoms with Gasteiger partial charge in [-0.05, 0) is 220 Å². The van der Waals surface area contributed by atoms with Gasteiger partial charge in [0.25, 0.3) is 0 Å². The van der Waals surface area contributed by atoms with Gasteiger partial charge in [0.05, 0.1) is 77.9 Å². The van der Waals surface area contributed by atoms with Crippen molar-refractivity contribution >= 4 is 146 Å². The number of nitrogens with zero attached hydrogens (tertiary/aromatic N) is 2. The number of nitrogens with two attached hydrogens (primary N) is 6. The average molecular weight is 2060 g/mol. The monoisotopic (exact) mass is 2060 g/mol. The van der Waals surface area contributed by atoms with E-state index < -0.39 is 151 Å². The minimum Gasteiger partial charge on any atom is -0.493 e. The Morgan fingerprint density at radius 1 is 0.420 bits per heavy atom. The number of hydrogen-bond donors (Lipinski definition) is 11. The molecule has 8 rings (SSSR count). The highest BCUT2D eigenvalue weighted by Crippen LogP contribution is 2.39. The zero-order chi connectivity index (χ0) is 100. The first-order valence-electron chi connectivity index (χ1n) is 36.9. The molecular formula is C79H98Cl5F2N9O30S6. The smallest absolute Gasteiger partial charge is 0.408 e. The predicted octanol–water partition coefficient (Wildman–Crippen LogP) is 10.3. The number of nitrogens with one attached hydrogen (secondary N) is 1. The van der Waals surface area contributed by atoms with Crippen molar-refractivity contribution in [2.45, 2.75) is 116 Å². The fourth-order valence-corrected chi connectivity index (χ4v) is 11.7. The normalized spacial score (nSPS) is 12.7. The van der Waals surface area contributed by atoms with E-state index in [1.807, 2.05) is 0 Å². The number of alkyl carbamates (subject to hydrolysis) is 1. The van der Waals surface area contributed by atoms with Crippen molar-refractivity contribution in [1.82, 2.24) is 15.3 Å². The highest BCUT2D eigenvalue weighted by Gasteiger charge is 2.34. The third-order valence-electron chi connectivity index (χ3n) is 16.7. The van der Waals surface area contributed by atoms with Crippen LogP contribution < -0.4 is 74.6 Å². The van der Waals surface area contributed by atoms with Crippen molar-refractivity contribution in [2.24, 2.45) is 31.4 Å². The molecule has 0 radical (unpaired) electrons. The number of aliphatic hydroxyl groups is 2. The number of carboxylic acid groups (broad SMARTS) is 2. The Morgan fingerprint density at radius 2 is 0.702 bits per heavy atom. The molecular weight excluding hydrogens is 1960 g/mol. The third kappa shape index (κ3) is 41.9. The van der Waals surface area contributed by atoms with Crippen LogP contribution in [0.1, 0.15) is 152 Å². The molecule has 0 saturated carbocycles. The summed E-state index contributed by atoms with van der Waals surface area (Å²) in [7, 11) is -12.3. The molecule has 0 saturated heterocycles. The maximum Gasteiger partial charge on any atom is 0.408 e. The summed E-state index contributed by atoms with van der Waals surface area (Å²) in [5, 5.41) is 66.0. The summed E-state index contributed by atoms with van der Waals surface area (Å²) in [4.78, 5) is 69.5. The Labute approximate surface area is 780 Å². The second-order valence-electron chi connectivity index (χ2n) is 30.1. The maximum atomic E-state index is 14.0. The predicted molar refractivity (Wildman–Crippen MR) is 485 cm³/mol. The number of aromatic carboxylic acids is 2. The summed E-state index contributed by atoms with van der Waals surface area (Å²) in [6, 6.07) is 31.1. The van der Waals surface area contributed by atoms with Crippen molar-refractivity contribution in [3.8, 4) is 68.5 Å². The number of hydrogen-bond acceptors (Lipinski definition) is 31. The largest absolute Gasteiger partial charge is 0.493 e. The number of halogens is 7. The zero-order valence-corrected chi connectivity index (χ0v) is 80.8. The van der Waals surface area contributed by atoms with E-state index in [1.165, 1.54) is 145 Å². The fraction of sp³-hybridized carbons (Fsp3) is 0.354. The Kier molecular flexibility index (Phi) is 43.0. The first-order valence-corrected chi connectivity index (χ1v) is 49.8. The summed E-state index contributed by atoms with van der Waals surface area (Å²) in [6.45, 7) is 15.4. The number of sulfonamides is 5. The van der Waals surface area contributed by atoms with Crippen LogP contribution in [0.5, 0.6) is 46.0 Å². The van der Waals surface area contributed by atoms with Crippen molar-refractivity contribution in [3.63, 3.8) is 0 Å². The summed E-state index contributed by atoms with van der Waals surface area (Å²) < 4.78 is 200. The molecule has 131 heavy (non-hydrogen) atoms. The van der Waals surface area contributed by atoms with E-state index in [2.05, 4.69) is 31.1 Å². The summed E-state index contributed by atoms with van der Waals surface area (Å²) in [5.74, 6) is -6.12. The number of benzene rings is 6. The molecule has 52 heteroatoms. The van der Waals surface area contributed by atoms with Crippen molar-refractivity contribution < 1.29 is 146 Å². The number of carbonyl (C=O) groups excluding carboxylic acids is 3. The van der Waals surface area contributed by atoms with Gasteiger partial charge < -0.3 is 74.1 Å². The van der Waals surface area contributed by atoms with Gasteiger partial charge in [0.2, 0.25) is 82.9 Å². The number of rotatable bonds is 35. The Balaban J connectivity index is 0.000000462. The van der Waals surface area contributed by atoms with Gasteiger partial charge in [-0.1, -0.05) is 23.2 Å². The number of amides is 1. The number of carbonyl (C=O) groups is 5. The van der Waals surface area contributed by atoms with Gasteiger partial charge >= 0.3 is 18.0 Å². The van der Waals surface area contributed by atoms with Crippen molar-refractivity contribution in [2.75, 3.05) is 62.6 Å². The lowest BCUT2D eigenvalue weighted by atomic mass is 9.87. The second kappa shape index (κ2) is 48.8. The fourth-order valence-electron chi connectivity index (χ4n) is 10.2. The lowest BCUT2D eigenvalue weighted by Gasteiger charge is -2.31. The number of Topliss-reactive ketones (excluding diaryl/α,β-unsaturated/α-hetero) is 2. The lowest BCUT2D eigenvalue weighted by molar-refractivity contribution is 0.0393.